The van der Waals surface area contributed by atoms with Gasteiger partial charge in [0.05, 0.1) is 17.7 Å². The Hall–Kier alpha value is -4.11. The van der Waals surface area contributed by atoms with Crippen molar-refractivity contribution >= 4 is 11.9 Å². The summed E-state index contributed by atoms with van der Waals surface area (Å²) in [7, 11) is 0. The lowest BCUT2D eigenvalue weighted by Crippen LogP contribution is -2.41. The van der Waals surface area contributed by atoms with Gasteiger partial charge in [-0.05, 0) is 53.6 Å². The summed E-state index contributed by atoms with van der Waals surface area (Å²) in [4.78, 5) is 26.9. The van der Waals surface area contributed by atoms with Crippen molar-refractivity contribution in [3.8, 4) is 11.8 Å². The second-order valence-corrected chi connectivity index (χ2v) is 8.79. The first-order valence-corrected chi connectivity index (χ1v) is 11.4. The van der Waals surface area contributed by atoms with Gasteiger partial charge in [0.15, 0.2) is 6.61 Å². The van der Waals surface area contributed by atoms with Crippen LogP contribution in [-0.4, -0.2) is 35.0 Å². The molecule has 3 aromatic carbocycles. The van der Waals surface area contributed by atoms with Crippen molar-refractivity contribution in [1.29, 1.82) is 5.26 Å². The van der Waals surface area contributed by atoms with Crippen LogP contribution in [0.25, 0.3) is 0 Å². The Morgan fingerprint density at radius 2 is 1.79 bits per heavy atom. The molecule has 1 amide bonds. The zero-order valence-corrected chi connectivity index (χ0v) is 18.6. The van der Waals surface area contributed by atoms with Crippen LogP contribution in [0.15, 0.2) is 72.8 Å². The van der Waals surface area contributed by atoms with Crippen LogP contribution in [0.1, 0.15) is 46.2 Å². The van der Waals surface area contributed by atoms with Crippen molar-refractivity contribution < 1.29 is 19.4 Å². The van der Waals surface area contributed by atoms with Gasteiger partial charge in [0.2, 0.25) is 5.91 Å². The molecule has 0 saturated heterocycles. The first-order chi connectivity index (χ1) is 16.6. The third kappa shape index (κ3) is 4.13. The summed E-state index contributed by atoms with van der Waals surface area (Å²) in [6, 6.07) is 24.7. The Labute approximate surface area is 198 Å². The summed E-state index contributed by atoms with van der Waals surface area (Å²) in [5, 5.41) is 18.7. The highest BCUT2D eigenvalue weighted by Gasteiger charge is 2.48. The lowest BCUT2D eigenvalue weighted by atomic mass is 9.86. The largest absolute Gasteiger partial charge is 0.482 e. The fourth-order valence-corrected chi connectivity index (χ4v) is 4.99. The standard InChI is InChI=1S/C28H24N2O4/c29-16-18-10-11-25(34-17-26(31)32)24(14-18)27-21-9-5-4-8-20(21)12-13-30(27)28(33)23-15-22(23)19-6-2-1-3-7-19/h1-11,14,22-23,27H,12-13,15,17H2,(H,31,32). The van der Waals surface area contributed by atoms with Crippen LogP contribution in [0.3, 0.4) is 0 Å². The van der Waals surface area contributed by atoms with Gasteiger partial charge in [-0.3, -0.25) is 4.79 Å². The van der Waals surface area contributed by atoms with Crippen molar-refractivity contribution in [3.05, 3.63) is 101 Å². The van der Waals surface area contributed by atoms with Crippen molar-refractivity contribution in [3.63, 3.8) is 0 Å². The van der Waals surface area contributed by atoms with Crippen molar-refractivity contribution in [1.82, 2.24) is 4.90 Å². The molecule has 2 aliphatic rings. The highest BCUT2D eigenvalue weighted by molar-refractivity contribution is 5.84. The number of carbonyl (C=O) groups excluding carboxylic acids is 1. The molecule has 0 spiro atoms. The number of aliphatic carboxylic acids is 1. The molecule has 3 unspecified atom stereocenters. The number of nitriles is 1. The molecule has 1 saturated carbocycles. The van der Waals surface area contributed by atoms with E-state index in [1.165, 1.54) is 5.56 Å². The number of nitrogens with zero attached hydrogens (tertiary/aromatic N) is 2. The van der Waals surface area contributed by atoms with Crippen LogP contribution >= 0.6 is 0 Å². The Bertz CT molecular complexity index is 1280. The number of hydrogen-bond acceptors (Lipinski definition) is 4. The van der Waals surface area contributed by atoms with E-state index in [-0.39, 0.29) is 17.7 Å². The summed E-state index contributed by atoms with van der Waals surface area (Å²) in [5.74, 6) is -0.510. The average molecular weight is 453 g/mol. The fraction of sp³-hybridized carbons (Fsp3) is 0.250. The van der Waals surface area contributed by atoms with E-state index >= 15 is 0 Å². The Balaban J connectivity index is 1.55. The van der Waals surface area contributed by atoms with Gasteiger partial charge in [-0.15, -0.1) is 0 Å². The number of ether oxygens (including phenoxy) is 1. The minimum Gasteiger partial charge on any atom is -0.482 e. The molecule has 34 heavy (non-hydrogen) atoms. The number of benzene rings is 3. The molecule has 0 bridgehead atoms. The van der Waals surface area contributed by atoms with E-state index in [2.05, 4.69) is 24.3 Å². The lowest BCUT2D eigenvalue weighted by Gasteiger charge is -2.38. The first kappa shape index (κ1) is 21.7. The average Bonchev–Trinajstić information content (AvgIpc) is 3.68. The molecule has 0 aromatic heterocycles. The van der Waals surface area contributed by atoms with Crippen molar-refractivity contribution in [2.75, 3.05) is 13.2 Å². The molecule has 0 radical (unpaired) electrons. The van der Waals surface area contributed by atoms with E-state index < -0.39 is 18.6 Å². The zero-order chi connectivity index (χ0) is 23.7. The van der Waals surface area contributed by atoms with E-state index in [9.17, 15) is 14.9 Å². The molecular weight excluding hydrogens is 428 g/mol. The molecular formula is C28H24N2O4. The molecule has 1 aliphatic carbocycles. The van der Waals surface area contributed by atoms with Crippen LogP contribution in [0.4, 0.5) is 0 Å². The summed E-state index contributed by atoms with van der Waals surface area (Å²) in [5.41, 5.74) is 4.36. The van der Waals surface area contributed by atoms with Gasteiger partial charge in [-0.1, -0.05) is 54.6 Å². The van der Waals surface area contributed by atoms with Crippen LogP contribution < -0.4 is 4.74 Å². The quantitative estimate of drug-likeness (QED) is 0.602. The molecule has 1 fully saturated rings. The van der Waals surface area contributed by atoms with Crippen LogP contribution in [0.5, 0.6) is 5.75 Å². The summed E-state index contributed by atoms with van der Waals surface area (Å²) >= 11 is 0. The number of amides is 1. The van der Waals surface area contributed by atoms with Crippen LogP contribution in [0.2, 0.25) is 0 Å². The van der Waals surface area contributed by atoms with Gasteiger partial charge < -0.3 is 14.7 Å². The highest BCUT2D eigenvalue weighted by Crippen LogP contribution is 2.50. The Morgan fingerprint density at radius 3 is 2.56 bits per heavy atom. The normalized spacial score (nSPS) is 20.7. The number of carboxylic acid groups (broad SMARTS) is 1. The number of rotatable bonds is 6. The minimum atomic E-state index is -1.09. The van der Waals surface area contributed by atoms with Gasteiger partial charge in [0.25, 0.3) is 0 Å². The van der Waals surface area contributed by atoms with E-state index in [4.69, 9.17) is 9.84 Å². The van der Waals surface area contributed by atoms with Crippen molar-refractivity contribution in [2.45, 2.75) is 24.8 Å². The van der Waals surface area contributed by atoms with Gasteiger partial charge in [-0.25, -0.2) is 4.79 Å². The predicted octanol–water partition coefficient (Wildman–Crippen LogP) is 4.30. The Kier molecular flexibility index (Phi) is 5.77. The second-order valence-electron chi connectivity index (χ2n) is 8.79. The number of hydrogen-bond donors (Lipinski definition) is 1. The number of carbonyl (C=O) groups is 2. The van der Waals surface area contributed by atoms with Gasteiger partial charge in [-0.2, -0.15) is 5.26 Å². The number of fused-ring (bicyclic) bond motifs is 1. The zero-order valence-electron chi connectivity index (χ0n) is 18.6. The molecule has 6 heteroatoms. The smallest absolute Gasteiger partial charge is 0.341 e. The molecule has 1 aliphatic heterocycles. The maximum atomic E-state index is 13.8. The van der Waals surface area contributed by atoms with Crippen LogP contribution in [-0.2, 0) is 16.0 Å². The molecule has 6 nitrogen and oxygen atoms in total. The predicted molar refractivity (Wildman–Crippen MR) is 125 cm³/mol. The first-order valence-electron chi connectivity index (χ1n) is 11.4. The summed E-state index contributed by atoms with van der Waals surface area (Å²) in [6.45, 7) is 0.0492. The monoisotopic (exact) mass is 452 g/mol. The van der Waals surface area contributed by atoms with E-state index in [0.717, 1.165) is 24.0 Å². The summed E-state index contributed by atoms with van der Waals surface area (Å²) in [6.07, 6.45) is 1.55. The van der Waals surface area contributed by atoms with Crippen LogP contribution in [0, 0.1) is 17.2 Å². The molecule has 3 aromatic rings. The van der Waals surface area contributed by atoms with Crippen molar-refractivity contribution in [2.24, 2.45) is 5.92 Å². The maximum absolute atomic E-state index is 13.8. The highest BCUT2D eigenvalue weighted by atomic mass is 16.5. The SMILES string of the molecule is N#Cc1ccc(OCC(=O)O)c(C2c3ccccc3CCN2C(=O)C2CC2c2ccccc2)c1. The number of carboxylic acids is 1. The maximum Gasteiger partial charge on any atom is 0.341 e. The fourth-order valence-electron chi connectivity index (χ4n) is 4.99. The van der Waals surface area contributed by atoms with Gasteiger partial charge >= 0.3 is 5.97 Å². The molecule has 3 atom stereocenters. The summed E-state index contributed by atoms with van der Waals surface area (Å²) < 4.78 is 5.61. The molecule has 170 valence electrons. The van der Waals surface area contributed by atoms with Gasteiger partial charge in [0.1, 0.15) is 5.75 Å². The van der Waals surface area contributed by atoms with Gasteiger partial charge in [0, 0.05) is 18.0 Å². The second kappa shape index (κ2) is 9.03. The Morgan fingerprint density at radius 1 is 1.03 bits per heavy atom. The van der Waals surface area contributed by atoms with E-state index in [1.807, 2.05) is 41.3 Å². The minimum absolute atomic E-state index is 0.0832. The lowest BCUT2D eigenvalue weighted by molar-refractivity contribution is -0.139. The third-order valence-corrected chi connectivity index (χ3v) is 6.69. The third-order valence-electron chi connectivity index (χ3n) is 6.69. The molecule has 5 rings (SSSR count). The molecule has 1 N–H and O–H groups in total. The van der Waals surface area contributed by atoms with E-state index in [1.54, 1.807) is 18.2 Å². The molecule has 1 heterocycles. The van der Waals surface area contributed by atoms with E-state index in [0.29, 0.717) is 23.4 Å². The topological polar surface area (TPSA) is 90.6 Å².